The van der Waals surface area contributed by atoms with Crippen molar-refractivity contribution in [1.82, 2.24) is 0 Å². The Morgan fingerprint density at radius 1 is 1.16 bits per heavy atom. The number of hydrogen-bond donors (Lipinski definition) is 0. The highest BCUT2D eigenvalue weighted by atomic mass is 16.6. The molecule has 31 heavy (non-hydrogen) atoms. The molecule has 0 atom stereocenters. The quantitative estimate of drug-likeness (QED) is 0.142. The van der Waals surface area contributed by atoms with Crippen molar-refractivity contribution in [2.24, 2.45) is 5.41 Å². The summed E-state index contributed by atoms with van der Waals surface area (Å²) < 4.78 is 15.8. The first-order chi connectivity index (χ1) is 14.7. The van der Waals surface area contributed by atoms with Crippen LogP contribution in [0.4, 0.5) is 5.69 Å². The third-order valence-corrected chi connectivity index (χ3v) is 4.57. The minimum Gasteiger partial charge on any atom is -0.481 e. The zero-order valence-corrected chi connectivity index (χ0v) is 16.9. The van der Waals surface area contributed by atoms with Gasteiger partial charge in [0.25, 0.3) is 5.69 Å². The molecule has 3 rings (SSSR count). The Balaban J connectivity index is 1.81. The van der Waals surface area contributed by atoms with Gasteiger partial charge in [0.1, 0.15) is 23.7 Å². The summed E-state index contributed by atoms with van der Waals surface area (Å²) >= 11 is 0. The maximum Gasteiger partial charge on any atom is 0.336 e. The Morgan fingerprint density at radius 2 is 1.87 bits per heavy atom. The van der Waals surface area contributed by atoms with Crippen molar-refractivity contribution in [2.75, 3.05) is 6.61 Å². The second-order valence-corrected chi connectivity index (χ2v) is 7.44. The standard InChI is InChI=1S/C23H19NO7/c1-4-11-29-17-8-6-16(19(12-17)24(27)28)14-23(2,3)22(26)30-18-9-5-15-7-10-21(25)31-20(15)13-18/h1,5-10,12-13H,11,14H2,2-3H3. The fourth-order valence-corrected chi connectivity index (χ4v) is 2.98. The second-order valence-electron chi connectivity index (χ2n) is 7.44. The summed E-state index contributed by atoms with van der Waals surface area (Å²) in [6.07, 6.45) is 5.20. The van der Waals surface area contributed by atoms with E-state index in [2.05, 4.69) is 5.92 Å². The molecule has 0 amide bonds. The van der Waals surface area contributed by atoms with E-state index < -0.39 is 21.9 Å². The molecule has 0 aliphatic rings. The van der Waals surface area contributed by atoms with Gasteiger partial charge in [0.15, 0.2) is 0 Å². The average Bonchev–Trinajstić information content (AvgIpc) is 2.72. The van der Waals surface area contributed by atoms with Gasteiger partial charge in [-0.05, 0) is 50.6 Å². The van der Waals surface area contributed by atoms with Crippen LogP contribution in [-0.4, -0.2) is 17.5 Å². The molecule has 0 aliphatic heterocycles. The van der Waals surface area contributed by atoms with Crippen molar-refractivity contribution in [3.63, 3.8) is 0 Å². The van der Waals surface area contributed by atoms with Crippen molar-refractivity contribution in [3.8, 4) is 23.8 Å². The van der Waals surface area contributed by atoms with Gasteiger partial charge in [-0.1, -0.05) is 5.92 Å². The third kappa shape index (κ3) is 5.08. The zero-order valence-electron chi connectivity index (χ0n) is 16.9. The summed E-state index contributed by atoms with van der Waals surface area (Å²) in [5, 5.41) is 12.2. The Bertz CT molecular complexity index is 1250. The molecule has 0 fully saturated rings. The molecule has 0 bridgehead atoms. The van der Waals surface area contributed by atoms with Crippen molar-refractivity contribution in [2.45, 2.75) is 20.3 Å². The van der Waals surface area contributed by atoms with Crippen LogP contribution in [0.1, 0.15) is 19.4 Å². The molecule has 1 heterocycles. The molecular formula is C23H19NO7. The fourth-order valence-electron chi connectivity index (χ4n) is 2.98. The average molecular weight is 421 g/mol. The Labute approximate surface area is 177 Å². The summed E-state index contributed by atoms with van der Waals surface area (Å²) in [5.74, 6) is 2.17. The molecule has 0 radical (unpaired) electrons. The molecule has 2 aromatic carbocycles. The lowest BCUT2D eigenvalue weighted by atomic mass is 9.85. The van der Waals surface area contributed by atoms with Crippen molar-refractivity contribution < 1.29 is 23.6 Å². The van der Waals surface area contributed by atoms with Gasteiger partial charge in [0.05, 0.1) is 16.4 Å². The number of hydrogen-bond acceptors (Lipinski definition) is 7. The highest BCUT2D eigenvalue weighted by molar-refractivity contribution is 5.82. The maximum absolute atomic E-state index is 12.8. The van der Waals surface area contributed by atoms with Crippen LogP contribution in [-0.2, 0) is 11.2 Å². The largest absolute Gasteiger partial charge is 0.481 e. The molecular weight excluding hydrogens is 402 g/mol. The van der Waals surface area contributed by atoms with Crippen molar-refractivity contribution in [1.29, 1.82) is 0 Å². The minimum absolute atomic E-state index is 0.0137. The predicted octanol–water partition coefficient (Wildman–Crippen LogP) is 3.89. The van der Waals surface area contributed by atoms with E-state index in [1.807, 2.05) is 0 Å². The van der Waals surface area contributed by atoms with Crippen LogP contribution >= 0.6 is 0 Å². The lowest BCUT2D eigenvalue weighted by Gasteiger charge is -2.22. The lowest BCUT2D eigenvalue weighted by molar-refractivity contribution is -0.385. The van der Waals surface area contributed by atoms with Gasteiger partial charge in [-0.2, -0.15) is 0 Å². The SMILES string of the molecule is C#CCOc1ccc(CC(C)(C)C(=O)Oc2ccc3ccc(=O)oc3c2)c([N+](=O)[O-])c1. The number of benzene rings is 2. The van der Waals surface area contributed by atoms with Crippen LogP contribution in [0.2, 0.25) is 0 Å². The number of terminal acetylenes is 1. The zero-order chi connectivity index (χ0) is 22.6. The first-order valence-corrected chi connectivity index (χ1v) is 9.29. The number of carbonyl (C=O) groups is 1. The van der Waals surface area contributed by atoms with Crippen LogP contribution in [0.5, 0.6) is 11.5 Å². The number of carbonyl (C=O) groups excluding carboxylic acids is 1. The topological polar surface area (TPSA) is 109 Å². The number of esters is 1. The number of nitrogens with zero attached hydrogens (tertiary/aromatic N) is 1. The molecule has 0 unspecified atom stereocenters. The first kappa shape index (κ1) is 21.6. The number of nitro benzene ring substituents is 1. The van der Waals surface area contributed by atoms with Crippen LogP contribution in [0.3, 0.4) is 0 Å². The van der Waals surface area contributed by atoms with Crippen LogP contribution in [0.15, 0.2) is 57.7 Å². The number of ether oxygens (including phenoxy) is 2. The Hall–Kier alpha value is -4.12. The van der Waals surface area contributed by atoms with E-state index in [-0.39, 0.29) is 35.8 Å². The summed E-state index contributed by atoms with van der Waals surface area (Å²) in [7, 11) is 0. The van der Waals surface area contributed by atoms with E-state index in [0.717, 1.165) is 0 Å². The van der Waals surface area contributed by atoms with E-state index in [0.29, 0.717) is 10.9 Å². The number of nitro groups is 1. The van der Waals surface area contributed by atoms with Gasteiger partial charge in [0, 0.05) is 23.1 Å². The highest BCUT2D eigenvalue weighted by Gasteiger charge is 2.33. The van der Waals surface area contributed by atoms with Crippen molar-refractivity contribution in [3.05, 3.63) is 74.6 Å². The van der Waals surface area contributed by atoms with Crippen molar-refractivity contribution >= 4 is 22.6 Å². The van der Waals surface area contributed by atoms with Gasteiger partial charge in [0.2, 0.25) is 0 Å². The van der Waals surface area contributed by atoms with Gasteiger partial charge in [-0.15, -0.1) is 6.42 Å². The Morgan fingerprint density at radius 3 is 2.58 bits per heavy atom. The molecule has 0 saturated carbocycles. The highest BCUT2D eigenvalue weighted by Crippen LogP contribution is 2.32. The maximum atomic E-state index is 12.8. The molecule has 158 valence electrons. The number of fused-ring (bicyclic) bond motifs is 1. The van der Waals surface area contributed by atoms with Gasteiger partial charge >= 0.3 is 11.6 Å². The van der Waals surface area contributed by atoms with Gasteiger partial charge < -0.3 is 13.9 Å². The van der Waals surface area contributed by atoms with E-state index in [1.165, 1.54) is 24.3 Å². The predicted molar refractivity (Wildman–Crippen MR) is 113 cm³/mol. The molecule has 0 aliphatic carbocycles. The number of rotatable bonds is 7. The van der Waals surface area contributed by atoms with Crippen LogP contribution < -0.4 is 15.1 Å². The lowest BCUT2D eigenvalue weighted by Crippen LogP contribution is -2.31. The molecule has 8 nitrogen and oxygen atoms in total. The third-order valence-electron chi connectivity index (χ3n) is 4.57. The first-order valence-electron chi connectivity index (χ1n) is 9.29. The molecule has 3 aromatic rings. The summed E-state index contributed by atoms with van der Waals surface area (Å²) in [6.45, 7) is 3.24. The smallest absolute Gasteiger partial charge is 0.336 e. The molecule has 0 N–H and O–H groups in total. The summed E-state index contributed by atoms with van der Waals surface area (Å²) in [6, 6.07) is 12.0. The van der Waals surface area contributed by atoms with Gasteiger partial charge in [-0.25, -0.2) is 4.79 Å². The summed E-state index contributed by atoms with van der Waals surface area (Å²) in [5.41, 5.74) is -1.14. The molecule has 1 aromatic heterocycles. The van der Waals surface area contributed by atoms with E-state index >= 15 is 0 Å². The second kappa shape index (κ2) is 8.71. The van der Waals surface area contributed by atoms with Crippen LogP contribution in [0, 0.1) is 27.9 Å². The molecule has 8 heteroatoms. The Kier molecular flexibility index (Phi) is 6.07. The van der Waals surface area contributed by atoms with Crippen LogP contribution in [0.25, 0.3) is 11.0 Å². The van der Waals surface area contributed by atoms with E-state index in [1.54, 1.807) is 38.1 Å². The normalized spacial score (nSPS) is 11.0. The minimum atomic E-state index is -1.08. The molecule has 0 saturated heterocycles. The monoisotopic (exact) mass is 421 g/mol. The van der Waals surface area contributed by atoms with E-state index in [9.17, 15) is 19.7 Å². The fraction of sp³-hybridized carbons (Fsp3) is 0.217. The van der Waals surface area contributed by atoms with E-state index in [4.69, 9.17) is 20.3 Å². The van der Waals surface area contributed by atoms with Gasteiger partial charge in [-0.3, -0.25) is 14.9 Å². The molecule has 0 spiro atoms. The summed E-state index contributed by atoms with van der Waals surface area (Å²) in [4.78, 5) is 35.2.